The van der Waals surface area contributed by atoms with E-state index >= 15 is 0 Å². The van der Waals surface area contributed by atoms with Gasteiger partial charge in [0.25, 0.3) is 0 Å². The zero-order valence-corrected chi connectivity index (χ0v) is 8.35. The summed E-state index contributed by atoms with van der Waals surface area (Å²) in [6.45, 7) is 0. The van der Waals surface area contributed by atoms with E-state index in [-0.39, 0.29) is 5.78 Å². The summed E-state index contributed by atoms with van der Waals surface area (Å²) < 4.78 is 0. The van der Waals surface area contributed by atoms with Crippen LogP contribution in [0.15, 0.2) is 11.7 Å². The molecule has 0 saturated heterocycles. The third-order valence-corrected chi connectivity index (χ3v) is 3.47. The van der Waals surface area contributed by atoms with Crippen molar-refractivity contribution in [1.82, 2.24) is 4.98 Å². The molecular formula is C10H13NOS. The van der Waals surface area contributed by atoms with Crippen molar-refractivity contribution in [3.05, 3.63) is 16.6 Å². The molecule has 0 radical (unpaired) electrons. The molecular weight excluding hydrogens is 182 g/mol. The minimum Gasteiger partial charge on any atom is -0.293 e. The lowest BCUT2D eigenvalue weighted by molar-refractivity contribution is 0.0966. The first-order valence-electron chi connectivity index (χ1n) is 4.78. The molecule has 3 heteroatoms. The Morgan fingerprint density at radius 2 is 2.31 bits per heavy atom. The highest BCUT2D eigenvalue weighted by Gasteiger charge is 2.19. The van der Waals surface area contributed by atoms with Crippen LogP contribution in [0.2, 0.25) is 0 Å². The van der Waals surface area contributed by atoms with Gasteiger partial charge in [0.2, 0.25) is 0 Å². The maximum Gasteiger partial charge on any atom is 0.174 e. The monoisotopic (exact) mass is 195 g/mol. The van der Waals surface area contributed by atoms with Gasteiger partial charge in [-0.15, -0.1) is 11.3 Å². The molecule has 2 rings (SSSR count). The first kappa shape index (κ1) is 8.88. The van der Waals surface area contributed by atoms with Gasteiger partial charge in [-0.2, -0.15) is 0 Å². The molecule has 1 fully saturated rings. The van der Waals surface area contributed by atoms with Gasteiger partial charge in [0.1, 0.15) is 0 Å². The molecule has 13 heavy (non-hydrogen) atoms. The van der Waals surface area contributed by atoms with E-state index in [1.54, 1.807) is 11.7 Å². The van der Waals surface area contributed by atoms with Crippen molar-refractivity contribution in [2.75, 3.05) is 0 Å². The molecule has 70 valence electrons. The molecule has 1 aromatic heterocycles. The number of rotatable bonds is 3. The molecule has 0 unspecified atom stereocenters. The van der Waals surface area contributed by atoms with Gasteiger partial charge in [-0.05, 0) is 5.92 Å². The van der Waals surface area contributed by atoms with Gasteiger partial charge in [0, 0.05) is 12.6 Å². The summed E-state index contributed by atoms with van der Waals surface area (Å²) in [5, 5.41) is 0. The maximum atomic E-state index is 11.6. The summed E-state index contributed by atoms with van der Waals surface area (Å²) >= 11 is 1.45. The van der Waals surface area contributed by atoms with Crippen molar-refractivity contribution in [2.45, 2.75) is 32.1 Å². The minimum absolute atomic E-state index is 0.286. The number of nitrogens with zero attached hydrogens (tertiary/aromatic N) is 1. The molecule has 1 aliphatic rings. The zero-order chi connectivity index (χ0) is 9.10. The lowest BCUT2D eigenvalue weighted by Gasteiger charge is -2.05. The topological polar surface area (TPSA) is 30.0 Å². The standard InChI is InChI=1S/C10H13NOS/c12-9(10-6-11-7-13-10)5-8-3-1-2-4-8/h6-8H,1-5H2. The number of hydrogen-bond donors (Lipinski definition) is 0. The van der Waals surface area contributed by atoms with E-state index in [0.29, 0.717) is 5.92 Å². The Kier molecular flexibility index (Phi) is 2.74. The summed E-state index contributed by atoms with van der Waals surface area (Å²) in [7, 11) is 0. The second-order valence-corrected chi connectivity index (χ2v) is 4.53. The Labute approximate surface area is 82.0 Å². The average molecular weight is 195 g/mol. The van der Waals surface area contributed by atoms with Gasteiger partial charge < -0.3 is 0 Å². The molecule has 0 amide bonds. The summed E-state index contributed by atoms with van der Waals surface area (Å²) in [5.41, 5.74) is 1.72. The third kappa shape index (κ3) is 2.15. The molecule has 0 aliphatic heterocycles. The average Bonchev–Trinajstić information content (AvgIpc) is 2.74. The van der Waals surface area contributed by atoms with Crippen molar-refractivity contribution in [2.24, 2.45) is 5.92 Å². The molecule has 0 aromatic carbocycles. The predicted octanol–water partition coefficient (Wildman–Crippen LogP) is 2.91. The summed E-state index contributed by atoms with van der Waals surface area (Å²) in [5.74, 6) is 0.934. The number of hydrogen-bond acceptors (Lipinski definition) is 3. The van der Waals surface area contributed by atoms with E-state index in [4.69, 9.17) is 0 Å². The SMILES string of the molecule is O=C(CC1CCCC1)c1cncs1. The Hall–Kier alpha value is -0.700. The number of Topliss-reactive ketones (excluding diaryl/α,β-unsaturated/α-hetero) is 1. The highest BCUT2D eigenvalue weighted by atomic mass is 32.1. The second-order valence-electron chi connectivity index (χ2n) is 3.64. The minimum atomic E-state index is 0.286. The molecule has 0 N–H and O–H groups in total. The quantitative estimate of drug-likeness (QED) is 0.694. The Bertz CT molecular complexity index is 275. The van der Waals surface area contributed by atoms with Crippen LogP contribution in [0, 0.1) is 5.92 Å². The highest BCUT2D eigenvalue weighted by Crippen LogP contribution is 2.29. The van der Waals surface area contributed by atoms with E-state index in [1.807, 2.05) is 0 Å². The van der Waals surface area contributed by atoms with Gasteiger partial charge in [0.05, 0.1) is 10.4 Å². The summed E-state index contributed by atoms with van der Waals surface area (Å²) in [6.07, 6.45) is 7.51. The van der Waals surface area contributed by atoms with Gasteiger partial charge in [-0.1, -0.05) is 25.7 Å². The van der Waals surface area contributed by atoms with Crippen molar-refractivity contribution in [1.29, 1.82) is 0 Å². The molecule has 0 atom stereocenters. The van der Waals surface area contributed by atoms with Crippen LogP contribution in [0.5, 0.6) is 0 Å². The largest absolute Gasteiger partial charge is 0.293 e. The molecule has 1 saturated carbocycles. The summed E-state index contributed by atoms with van der Waals surface area (Å²) in [4.78, 5) is 16.4. The number of aromatic nitrogens is 1. The molecule has 1 heterocycles. The molecule has 1 aliphatic carbocycles. The highest BCUT2D eigenvalue weighted by molar-refractivity contribution is 7.11. The van der Waals surface area contributed by atoms with E-state index in [9.17, 15) is 4.79 Å². The second kappa shape index (κ2) is 4.01. The fourth-order valence-electron chi connectivity index (χ4n) is 1.93. The molecule has 0 spiro atoms. The van der Waals surface area contributed by atoms with Crippen LogP contribution in [0.4, 0.5) is 0 Å². The lowest BCUT2D eigenvalue weighted by atomic mass is 10.0. The van der Waals surface area contributed by atoms with Gasteiger partial charge in [-0.25, -0.2) is 0 Å². The van der Waals surface area contributed by atoms with Crippen LogP contribution in [0.1, 0.15) is 41.8 Å². The van der Waals surface area contributed by atoms with Gasteiger partial charge >= 0.3 is 0 Å². The van der Waals surface area contributed by atoms with Crippen molar-refractivity contribution >= 4 is 17.1 Å². The Morgan fingerprint density at radius 1 is 1.54 bits per heavy atom. The third-order valence-electron chi connectivity index (χ3n) is 2.66. The van der Waals surface area contributed by atoms with Crippen LogP contribution in [-0.4, -0.2) is 10.8 Å². The Morgan fingerprint density at radius 3 is 2.92 bits per heavy atom. The lowest BCUT2D eigenvalue weighted by Crippen LogP contribution is -2.03. The first-order valence-corrected chi connectivity index (χ1v) is 5.66. The van der Waals surface area contributed by atoms with E-state index < -0.39 is 0 Å². The Balaban J connectivity index is 1.91. The zero-order valence-electron chi connectivity index (χ0n) is 7.53. The van der Waals surface area contributed by atoms with Crippen molar-refractivity contribution in [3.63, 3.8) is 0 Å². The van der Waals surface area contributed by atoms with Crippen LogP contribution >= 0.6 is 11.3 Å². The fraction of sp³-hybridized carbons (Fsp3) is 0.600. The van der Waals surface area contributed by atoms with Crippen LogP contribution in [0.25, 0.3) is 0 Å². The predicted molar refractivity (Wildman–Crippen MR) is 53.0 cm³/mol. The normalized spacial score (nSPS) is 17.8. The fourth-order valence-corrected chi connectivity index (χ4v) is 2.50. The van der Waals surface area contributed by atoms with Crippen LogP contribution in [0.3, 0.4) is 0 Å². The van der Waals surface area contributed by atoms with Crippen molar-refractivity contribution in [3.8, 4) is 0 Å². The molecule has 1 aromatic rings. The van der Waals surface area contributed by atoms with E-state index in [0.717, 1.165) is 11.3 Å². The van der Waals surface area contributed by atoms with Crippen LogP contribution in [-0.2, 0) is 0 Å². The smallest absolute Gasteiger partial charge is 0.174 e. The number of carbonyl (C=O) groups excluding carboxylic acids is 1. The number of carbonyl (C=O) groups is 1. The van der Waals surface area contributed by atoms with Gasteiger partial charge in [0.15, 0.2) is 5.78 Å². The first-order chi connectivity index (χ1) is 6.36. The van der Waals surface area contributed by atoms with Gasteiger partial charge in [-0.3, -0.25) is 9.78 Å². The summed E-state index contributed by atoms with van der Waals surface area (Å²) in [6, 6.07) is 0. The maximum absolute atomic E-state index is 11.6. The molecule has 2 nitrogen and oxygen atoms in total. The number of ketones is 1. The van der Waals surface area contributed by atoms with Crippen LogP contribution < -0.4 is 0 Å². The number of thiazole rings is 1. The van der Waals surface area contributed by atoms with Crippen molar-refractivity contribution < 1.29 is 4.79 Å². The van der Waals surface area contributed by atoms with E-state index in [2.05, 4.69) is 4.98 Å². The molecule has 0 bridgehead atoms. The van der Waals surface area contributed by atoms with E-state index in [1.165, 1.54) is 37.0 Å².